The Morgan fingerprint density at radius 3 is 2.69 bits per heavy atom. The molecule has 2 aromatic heterocycles. The van der Waals surface area contributed by atoms with Crippen molar-refractivity contribution < 1.29 is 9.26 Å². The quantitative estimate of drug-likeness (QED) is 0.431. The Labute approximate surface area is 197 Å². The minimum atomic E-state index is 0.231. The van der Waals surface area contributed by atoms with E-state index in [1.54, 1.807) is 11.8 Å². The van der Waals surface area contributed by atoms with Gasteiger partial charge in [0.2, 0.25) is 5.95 Å². The molecule has 5 rings (SSSR count). The third-order valence-corrected chi connectivity index (χ3v) is 7.46. The maximum absolute atomic E-state index is 5.99. The van der Waals surface area contributed by atoms with Crippen LogP contribution in [-0.2, 0) is 17.0 Å². The third kappa shape index (κ3) is 4.97. The second-order valence-corrected chi connectivity index (χ2v) is 10.1. The van der Waals surface area contributed by atoms with Gasteiger partial charge in [0.25, 0.3) is 0 Å². The highest BCUT2D eigenvalue weighted by molar-refractivity contribution is 7.98. The van der Waals surface area contributed by atoms with Gasteiger partial charge in [-0.25, -0.2) is 0 Å². The fraction of sp³-hybridized carbons (Fsp3) is 0.522. The smallest absolute Gasteiger partial charge is 0.228 e. The van der Waals surface area contributed by atoms with Gasteiger partial charge in [-0.15, -0.1) is 10.2 Å². The van der Waals surface area contributed by atoms with E-state index in [-0.39, 0.29) is 6.10 Å². The topological polar surface area (TPSA) is 69.2 Å². The first-order valence-corrected chi connectivity index (χ1v) is 12.7. The summed E-state index contributed by atoms with van der Waals surface area (Å²) in [6.07, 6.45) is 4.83. The lowest BCUT2D eigenvalue weighted by atomic mass is 10.00. The number of piperidine rings is 1. The van der Waals surface area contributed by atoms with Crippen molar-refractivity contribution in [3.63, 3.8) is 0 Å². The molecule has 4 heterocycles. The number of anilines is 1. The van der Waals surface area contributed by atoms with Crippen LogP contribution in [0.1, 0.15) is 38.4 Å². The molecule has 1 aromatic carbocycles. The number of nitrogens with zero attached hydrogens (tertiary/aromatic N) is 5. The van der Waals surface area contributed by atoms with Crippen molar-refractivity contribution in [2.24, 2.45) is 5.92 Å². The molecule has 1 atom stereocenters. The van der Waals surface area contributed by atoms with Gasteiger partial charge in [0.15, 0.2) is 5.16 Å². The Bertz CT molecular complexity index is 1020. The second-order valence-electron chi connectivity index (χ2n) is 8.67. The predicted molar refractivity (Wildman–Crippen MR) is 126 cm³/mol. The van der Waals surface area contributed by atoms with Gasteiger partial charge in [-0.3, -0.25) is 4.57 Å². The summed E-state index contributed by atoms with van der Waals surface area (Å²) in [5.41, 5.74) is 1.79. The zero-order chi connectivity index (χ0) is 21.9. The van der Waals surface area contributed by atoms with Crippen LogP contribution in [0.4, 0.5) is 5.95 Å². The summed E-state index contributed by atoms with van der Waals surface area (Å²) < 4.78 is 13.7. The molecule has 9 heteroatoms. The number of halogens is 1. The SMILES string of the molecule is CC1CCN(c2nnc(SCc3cc(-c4ccc(Cl)cc4)no3)n2CC2CCCO2)CC1. The number of ether oxygens (including phenoxy) is 1. The summed E-state index contributed by atoms with van der Waals surface area (Å²) >= 11 is 7.62. The summed E-state index contributed by atoms with van der Waals surface area (Å²) in [7, 11) is 0. The van der Waals surface area contributed by atoms with E-state index in [2.05, 4.69) is 31.7 Å². The Hall–Kier alpha value is -2.03. The Morgan fingerprint density at radius 2 is 1.94 bits per heavy atom. The van der Waals surface area contributed by atoms with E-state index in [1.807, 2.05) is 30.3 Å². The van der Waals surface area contributed by atoms with Crippen molar-refractivity contribution in [1.82, 2.24) is 19.9 Å². The fourth-order valence-corrected chi connectivity index (χ4v) is 5.20. The zero-order valence-corrected chi connectivity index (χ0v) is 19.8. The Balaban J connectivity index is 1.31. The lowest BCUT2D eigenvalue weighted by molar-refractivity contribution is 0.0951. The fourth-order valence-electron chi connectivity index (χ4n) is 4.26. The molecule has 2 fully saturated rings. The van der Waals surface area contributed by atoms with Crippen LogP contribution in [0.5, 0.6) is 0 Å². The lowest BCUT2D eigenvalue weighted by Gasteiger charge is -2.31. The molecule has 7 nitrogen and oxygen atoms in total. The van der Waals surface area contributed by atoms with Crippen molar-refractivity contribution in [1.29, 1.82) is 0 Å². The molecule has 1 unspecified atom stereocenters. The molecule has 0 spiro atoms. The highest BCUT2D eigenvalue weighted by Crippen LogP contribution is 2.30. The average molecular weight is 474 g/mol. The average Bonchev–Trinajstić information content (AvgIpc) is 3.56. The van der Waals surface area contributed by atoms with Crippen LogP contribution < -0.4 is 4.90 Å². The van der Waals surface area contributed by atoms with Crippen molar-refractivity contribution in [2.45, 2.75) is 56.2 Å². The molecule has 0 saturated carbocycles. The molecular weight excluding hydrogens is 446 g/mol. The molecule has 2 aliphatic rings. The lowest BCUT2D eigenvalue weighted by Crippen LogP contribution is -2.35. The largest absolute Gasteiger partial charge is 0.376 e. The maximum Gasteiger partial charge on any atom is 0.228 e. The molecule has 2 aliphatic heterocycles. The van der Waals surface area contributed by atoms with Gasteiger partial charge >= 0.3 is 0 Å². The Morgan fingerprint density at radius 1 is 1.12 bits per heavy atom. The first-order chi connectivity index (χ1) is 15.7. The monoisotopic (exact) mass is 473 g/mol. The van der Waals surface area contributed by atoms with Crippen LogP contribution in [0.15, 0.2) is 40.0 Å². The maximum atomic E-state index is 5.99. The molecule has 0 bridgehead atoms. The van der Waals surface area contributed by atoms with Gasteiger partial charge in [0.1, 0.15) is 11.5 Å². The van der Waals surface area contributed by atoms with E-state index in [4.69, 9.17) is 20.9 Å². The molecule has 0 amide bonds. The van der Waals surface area contributed by atoms with Gasteiger partial charge in [-0.1, -0.05) is 47.6 Å². The summed E-state index contributed by atoms with van der Waals surface area (Å²) in [5, 5.41) is 15.0. The molecule has 2 saturated heterocycles. The van der Waals surface area contributed by atoms with Crippen molar-refractivity contribution in [2.75, 3.05) is 24.6 Å². The van der Waals surface area contributed by atoms with Gasteiger partial charge < -0.3 is 14.2 Å². The van der Waals surface area contributed by atoms with E-state index >= 15 is 0 Å². The number of thioether (sulfide) groups is 1. The number of hydrogen-bond donors (Lipinski definition) is 0. The van der Waals surface area contributed by atoms with Crippen LogP contribution in [-0.4, -0.2) is 45.7 Å². The normalized spacial score (nSPS) is 19.7. The van der Waals surface area contributed by atoms with Crippen LogP contribution in [0, 0.1) is 5.92 Å². The molecule has 0 radical (unpaired) electrons. The standard InChI is InChI=1S/C23H28ClN5O2S/c1-16-8-10-28(11-9-16)22-25-26-23(29(22)14-19-3-2-12-30-19)32-15-20-13-21(27-31-20)17-4-6-18(24)7-5-17/h4-7,13,16,19H,2-3,8-12,14-15H2,1H3. The Kier molecular flexibility index (Phi) is 6.71. The summed E-state index contributed by atoms with van der Waals surface area (Å²) in [6.45, 7) is 6.02. The van der Waals surface area contributed by atoms with Crippen molar-refractivity contribution in [3.8, 4) is 11.3 Å². The zero-order valence-electron chi connectivity index (χ0n) is 18.2. The van der Waals surface area contributed by atoms with Gasteiger partial charge in [-0.05, 0) is 43.7 Å². The third-order valence-electron chi connectivity index (χ3n) is 6.22. The molecule has 3 aromatic rings. The van der Waals surface area contributed by atoms with Crippen LogP contribution in [0.25, 0.3) is 11.3 Å². The van der Waals surface area contributed by atoms with E-state index in [0.29, 0.717) is 10.8 Å². The highest BCUT2D eigenvalue weighted by Gasteiger charge is 2.26. The number of benzene rings is 1. The first kappa shape index (κ1) is 21.8. The van der Waals surface area contributed by atoms with Crippen molar-refractivity contribution in [3.05, 3.63) is 41.1 Å². The van der Waals surface area contributed by atoms with Crippen LogP contribution >= 0.6 is 23.4 Å². The first-order valence-electron chi connectivity index (χ1n) is 11.3. The summed E-state index contributed by atoms with van der Waals surface area (Å²) in [4.78, 5) is 2.37. The molecular formula is C23H28ClN5O2S. The van der Waals surface area contributed by atoms with E-state index < -0.39 is 0 Å². The summed E-state index contributed by atoms with van der Waals surface area (Å²) in [5.74, 6) is 3.19. The summed E-state index contributed by atoms with van der Waals surface area (Å²) in [6, 6.07) is 9.58. The van der Waals surface area contributed by atoms with Gasteiger partial charge in [-0.2, -0.15) is 0 Å². The number of rotatable bonds is 7. The van der Waals surface area contributed by atoms with Crippen LogP contribution in [0.3, 0.4) is 0 Å². The number of hydrogen-bond acceptors (Lipinski definition) is 7. The minimum absolute atomic E-state index is 0.231. The molecule has 0 aliphatic carbocycles. The van der Waals surface area contributed by atoms with Crippen molar-refractivity contribution >= 4 is 29.3 Å². The minimum Gasteiger partial charge on any atom is -0.376 e. The molecule has 170 valence electrons. The van der Waals surface area contributed by atoms with Gasteiger partial charge in [0, 0.05) is 36.3 Å². The number of aromatic nitrogens is 4. The molecule has 0 N–H and O–H groups in total. The van der Waals surface area contributed by atoms with Crippen LogP contribution in [0.2, 0.25) is 5.02 Å². The predicted octanol–water partition coefficient (Wildman–Crippen LogP) is 5.29. The molecule has 32 heavy (non-hydrogen) atoms. The van der Waals surface area contributed by atoms with E-state index in [0.717, 1.165) is 73.1 Å². The highest BCUT2D eigenvalue weighted by atomic mass is 35.5. The van der Waals surface area contributed by atoms with Gasteiger partial charge in [0.05, 0.1) is 18.4 Å². The van der Waals surface area contributed by atoms with E-state index in [1.165, 1.54) is 12.8 Å². The van der Waals surface area contributed by atoms with E-state index in [9.17, 15) is 0 Å². The second kappa shape index (κ2) is 9.85.